The van der Waals surface area contributed by atoms with Crippen LogP contribution in [0.5, 0.6) is 5.75 Å². The SMILES string of the molecule is COc1ccc(C(=O)O)cc1CN1C(=O)CCCC1=O. The van der Waals surface area contributed by atoms with Crippen molar-refractivity contribution in [3.63, 3.8) is 0 Å². The first kappa shape index (κ1) is 14.0. The average Bonchev–Trinajstić information content (AvgIpc) is 2.42. The van der Waals surface area contributed by atoms with Gasteiger partial charge in [0.25, 0.3) is 0 Å². The highest BCUT2D eigenvalue weighted by atomic mass is 16.5. The Balaban J connectivity index is 2.31. The van der Waals surface area contributed by atoms with Gasteiger partial charge in [-0.15, -0.1) is 0 Å². The Kier molecular flexibility index (Phi) is 4.02. The lowest BCUT2D eigenvalue weighted by atomic mass is 10.1. The third kappa shape index (κ3) is 2.79. The van der Waals surface area contributed by atoms with Crippen molar-refractivity contribution in [2.24, 2.45) is 0 Å². The first-order chi connectivity index (χ1) is 9.52. The van der Waals surface area contributed by atoms with Crippen molar-refractivity contribution in [1.82, 2.24) is 4.90 Å². The third-order valence-electron chi connectivity index (χ3n) is 3.24. The van der Waals surface area contributed by atoms with Crippen molar-refractivity contribution in [3.05, 3.63) is 29.3 Å². The summed E-state index contributed by atoms with van der Waals surface area (Å²) in [6.07, 6.45) is 1.25. The number of methoxy groups -OCH3 is 1. The summed E-state index contributed by atoms with van der Waals surface area (Å²) in [5.74, 6) is -1.07. The maximum atomic E-state index is 11.8. The number of aromatic carboxylic acids is 1. The topological polar surface area (TPSA) is 83.9 Å². The van der Waals surface area contributed by atoms with Crippen LogP contribution in [-0.2, 0) is 16.1 Å². The molecule has 1 aliphatic heterocycles. The van der Waals surface area contributed by atoms with E-state index in [1.165, 1.54) is 25.3 Å². The molecule has 1 aromatic rings. The van der Waals surface area contributed by atoms with Crippen molar-refractivity contribution in [2.75, 3.05) is 7.11 Å². The van der Waals surface area contributed by atoms with Gasteiger partial charge >= 0.3 is 5.97 Å². The van der Waals surface area contributed by atoms with Gasteiger partial charge in [0, 0.05) is 18.4 Å². The van der Waals surface area contributed by atoms with Gasteiger partial charge in [-0.1, -0.05) is 0 Å². The molecule has 1 aliphatic rings. The van der Waals surface area contributed by atoms with E-state index >= 15 is 0 Å². The van der Waals surface area contributed by atoms with Crippen LogP contribution in [-0.4, -0.2) is 34.9 Å². The van der Waals surface area contributed by atoms with E-state index < -0.39 is 5.97 Å². The second-order valence-corrected chi connectivity index (χ2v) is 4.56. The number of piperidine rings is 1. The fourth-order valence-corrected chi connectivity index (χ4v) is 2.18. The predicted molar refractivity (Wildman–Crippen MR) is 69.4 cm³/mol. The van der Waals surface area contributed by atoms with Crippen LogP contribution in [0.2, 0.25) is 0 Å². The molecule has 6 heteroatoms. The molecule has 1 saturated heterocycles. The Hall–Kier alpha value is -2.37. The maximum absolute atomic E-state index is 11.8. The molecule has 0 aliphatic carbocycles. The molecule has 0 aromatic heterocycles. The van der Waals surface area contributed by atoms with Crippen LogP contribution in [0.3, 0.4) is 0 Å². The van der Waals surface area contributed by atoms with Gasteiger partial charge in [-0.25, -0.2) is 4.79 Å². The summed E-state index contributed by atoms with van der Waals surface area (Å²) >= 11 is 0. The molecule has 2 rings (SSSR count). The number of nitrogens with zero attached hydrogens (tertiary/aromatic N) is 1. The van der Waals surface area contributed by atoms with Gasteiger partial charge in [0.05, 0.1) is 19.2 Å². The number of imide groups is 1. The summed E-state index contributed by atoms with van der Waals surface area (Å²) in [5, 5.41) is 8.99. The maximum Gasteiger partial charge on any atom is 0.335 e. The predicted octanol–water partition coefficient (Wildman–Crippen LogP) is 1.43. The number of benzene rings is 1. The van der Waals surface area contributed by atoms with Crippen LogP contribution < -0.4 is 4.74 Å². The number of carbonyl (C=O) groups excluding carboxylic acids is 2. The number of carboxylic acid groups (broad SMARTS) is 1. The van der Waals surface area contributed by atoms with E-state index in [9.17, 15) is 14.4 Å². The van der Waals surface area contributed by atoms with Crippen molar-refractivity contribution in [2.45, 2.75) is 25.8 Å². The molecular weight excluding hydrogens is 262 g/mol. The highest BCUT2D eigenvalue weighted by Crippen LogP contribution is 2.24. The minimum Gasteiger partial charge on any atom is -0.496 e. The van der Waals surface area contributed by atoms with E-state index in [0.717, 1.165) is 4.90 Å². The normalized spacial score (nSPS) is 15.3. The smallest absolute Gasteiger partial charge is 0.335 e. The Morgan fingerprint density at radius 3 is 2.50 bits per heavy atom. The number of amides is 2. The van der Waals surface area contributed by atoms with Crippen LogP contribution in [0, 0.1) is 0 Å². The first-order valence-corrected chi connectivity index (χ1v) is 6.26. The lowest BCUT2D eigenvalue weighted by Gasteiger charge is -2.25. The van der Waals surface area contributed by atoms with Crippen molar-refractivity contribution < 1.29 is 24.2 Å². The molecule has 0 saturated carbocycles. The largest absolute Gasteiger partial charge is 0.496 e. The molecule has 0 bridgehead atoms. The summed E-state index contributed by atoms with van der Waals surface area (Å²) in [4.78, 5) is 35.7. The molecule has 1 N–H and O–H groups in total. The molecular formula is C14H15NO5. The number of likely N-dealkylation sites (tertiary alicyclic amines) is 1. The number of hydrogen-bond acceptors (Lipinski definition) is 4. The van der Waals surface area contributed by atoms with E-state index in [1.54, 1.807) is 0 Å². The molecule has 20 heavy (non-hydrogen) atoms. The summed E-state index contributed by atoms with van der Waals surface area (Å²) in [6, 6.07) is 4.37. The summed E-state index contributed by atoms with van der Waals surface area (Å²) in [7, 11) is 1.46. The Labute approximate surface area is 115 Å². The van der Waals surface area contributed by atoms with Crippen LogP contribution in [0.15, 0.2) is 18.2 Å². The fraction of sp³-hybridized carbons (Fsp3) is 0.357. The highest BCUT2D eigenvalue weighted by molar-refractivity contribution is 5.97. The number of carbonyl (C=O) groups is 3. The highest BCUT2D eigenvalue weighted by Gasteiger charge is 2.27. The standard InChI is InChI=1S/C14H15NO5/c1-20-11-6-5-9(14(18)19)7-10(11)8-15-12(16)3-2-4-13(15)17/h5-7H,2-4,8H2,1H3,(H,18,19). The Morgan fingerprint density at radius 1 is 1.30 bits per heavy atom. The second-order valence-electron chi connectivity index (χ2n) is 4.56. The lowest BCUT2D eigenvalue weighted by molar-refractivity contribution is -0.148. The molecule has 106 valence electrons. The number of hydrogen-bond donors (Lipinski definition) is 1. The molecule has 6 nitrogen and oxygen atoms in total. The van der Waals surface area contributed by atoms with Crippen molar-refractivity contribution >= 4 is 17.8 Å². The second kappa shape index (κ2) is 5.73. The van der Waals surface area contributed by atoms with Crippen LogP contribution >= 0.6 is 0 Å². The molecule has 0 atom stereocenters. The summed E-state index contributed by atoms with van der Waals surface area (Å²) < 4.78 is 5.15. The summed E-state index contributed by atoms with van der Waals surface area (Å²) in [6.45, 7) is 0.0436. The van der Waals surface area contributed by atoms with Gasteiger partial charge in [0.15, 0.2) is 0 Å². The minimum absolute atomic E-state index is 0.0436. The number of rotatable bonds is 4. The summed E-state index contributed by atoms with van der Waals surface area (Å²) in [5.41, 5.74) is 0.605. The van der Waals surface area contributed by atoms with Crippen LogP contribution in [0.25, 0.3) is 0 Å². The monoisotopic (exact) mass is 277 g/mol. The third-order valence-corrected chi connectivity index (χ3v) is 3.24. The molecule has 1 fully saturated rings. The van der Waals surface area contributed by atoms with Gasteiger partial charge in [0.2, 0.25) is 11.8 Å². The first-order valence-electron chi connectivity index (χ1n) is 6.26. The zero-order chi connectivity index (χ0) is 14.7. The molecule has 0 unspecified atom stereocenters. The average molecular weight is 277 g/mol. The molecule has 2 amide bonds. The van der Waals surface area contributed by atoms with E-state index in [1.807, 2.05) is 0 Å². The quantitative estimate of drug-likeness (QED) is 0.842. The van der Waals surface area contributed by atoms with Gasteiger partial charge in [-0.2, -0.15) is 0 Å². The van der Waals surface area contributed by atoms with Gasteiger partial charge in [-0.05, 0) is 24.6 Å². The van der Waals surface area contributed by atoms with Crippen molar-refractivity contribution in [3.8, 4) is 5.75 Å². The van der Waals surface area contributed by atoms with Crippen molar-refractivity contribution in [1.29, 1.82) is 0 Å². The number of carboxylic acids is 1. The Bertz CT molecular complexity index is 551. The number of ether oxygens (including phenoxy) is 1. The van der Waals surface area contributed by atoms with Gasteiger partial charge in [0.1, 0.15) is 5.75 Å². The molecule has 0 radical (unpaired) electrons. The minimum atomic E-state index is -1.06. The molecule has 1 aromatic carbocycles. The Morgan fingerprint density at radius 2 is 1.95 bits per heavy atom. The van der Waals surface area contributed by atoms with E-state index in [-0.39, 0.29) is 23.9 Å². The zero-order valence-corrected chi connectivity index (χ0v) is 11.1. The van der Waals surface area contributed by atoms with E-state index in [4.69, 9.17) is 9.84 Å². The van der Waals surface area contributed by atoms with Crippen LogP contribution in [0.1, 0.15) is 35.2 Å². The fourth-order valence-electron chi connectivity index (χ4n) is 2.18. The molecule has 0 spiro atoms. The molecule has 1 heterocycles. The lowest BCUT2D eigenvalue weighted by Crippen LogP contribution is -2.39. The van der Waals surface area contributed by atoms with E-state index in [0.29, 0.717) is 30.6 Å². The zero-order valence-electron chi connectivity index (χ0n) is 11.1. The van der Waals surface area contributed by atoms with Gasteiger partial charge < -0.3 is 9.84 Å². The van der Waals surface area contributed by atoms with Gasteiger partial charge in [-0.3, -0.25) is 14.5 Å². The van der Waals surface area contributed by atoms with Crippen LogP contribution in [0.4, 0.5) is 0 Å². The van der Waals surface area contributed by atoms with E-state index in [2.05, 4.69) is 0 Å².